The van der Waals surface area contributed by atoms with Crippen LogP contribution in [0, 0.1) is 5.82 Å². The molecule has 0 atom stereocenters. The van der Waals surface area contributed by atoms with Crippen LogP contribution in [0.25, 0.3) is 0 Å². The van der Waals surface area contributed by atoms with Crippen molar-refractivity contribution in [1.82, 2.24) is 10.2 Å². The smallest absolute Gasteiger partial charge is 0.146 e. The van der Waals surface area contributed by atoms with E-state index in [-0.39, 0.29) is 5.82 Å². The summed E-state index contributed by atoms with van der Waals surface area (Å²) in [7, 11) is 4.13. The van der Waals surface area contributed by atoms with E-state index in [4.69, 9.17) is 0 Å². The van der Waals surface area contributed by atoms with Gasteiger partial charge in [-0.3, -0.25) is 0 Å². The highest BCUT2D eigenvalue weighted by atomic mass is 19.1. The fraction of sp³-hybridized carbons (Fsp3) is 0.600. The van der Waals surface area contributed by atoms with Crippen molar-refractivity contribution in [3.05, 3.63) is 29.6 Å². The molecule has 1 saturated heterocycles. The summed E-state index contributed by atoms with van der Waals surface area (Å²) < 4.78 is 14.1. The molecule has 1 aromatic rings. The van der Waals surface area contributed by atoms with E-state index < -0.39 is 0 Å². The van der Waals surface area contributed by atoms with Crippen molar-refractivity contribution in [1.29, 1.82) is 0 Å². The van der Waals surface area contributed by atoms with Gasteiger partial charge in [-0.2, -0.15) is 0 Å². The maximum absolute atomic E-state index is 14.1. The molecule has 0 amide bonds. The van der Waals surface area contributed by atoms with Crippen LogP contribution in [0.5, 0.6) is 0 Å². The molecule has 0 unspecified atom stereocenters. The van der Waals surface area contributed by atoms with E-state index in [0.29, 0.717) is 0 Å². The van der Waals surface area contributed by atoms with Gasteiger partial charge in [-0.1, -0.05) is 6.07 Å². The van der Waals surface area contributed by atoms with Gasteiger partial charge < -0.3 is 15.1 Å². The average molecular weight is 265 g/mol. The third-order valence-corrected chi connectivity index (χ3v) is 3.54. The van der Waals surface area contributed by atoms with Crippen LogP contribution >= 0.6 is 0 Å². The Morgan fingerprint density at radius 3 is 2.63 bits per heavy atom. The van der Waals surface area contributed by atoms with Gasteiger partial charge in [-0.05, 0) is 51.2 Å². The largest absolute Gasteiger partial charge is 0.367 e. The Hall–Kier alpha value is -1.13. The van der Waals surface area contributed by atoms with Crippen molar-refractivity contribution in [2.24, 2.45) is 0 Å². The Kier molecular flexibility index (Phi) is 5.16. The fourth-order valence-electron chi connectivity index (χ4n) is 2.47. The van der Waals surface area contributed by atoms with E-state index in [1.54, 1.807) is 6.07 Å². The lowest BCUT2D eigenvalue weighted by molar-refractivity contribution is 0.400. The predicted molar refractivity (Wildman–Crippen MR) is 78.4 cm³/mol. The zero-order valence-corrected chi connectivity index (χ0v) is 12.0. The van der Waals surface area contributed by atoms with Crippen molar-refractivity contribution < 1.29 is 4.39 Å². The summed E-state index contributed by atoms with van der Waals surface area (Å²) in [6.45, 7) is 4.68. The summed E-state index contributed by atoms with van der Waals surface area (Å²) >= 11 is 0. The van der Waals surface area contributed by atoms with Crippen molar-refractivity contribution in [3.8, 4) is 0 Å². The topological polar surface area (TPSA) is 18.5 Å². The second-order valence-electron chi connectivity index (χ2n) is 5.43. The number of anilines is 1. The Bertz CT molecular complexity index is 400. The summed E-state index contributed by atoms with van der Waals surface area (Å²) in [6, 6.07) is 5.70. The molecular formula is C15H24FN3. The van der Waals surface area contributed by atoms with Gasteiger partial charge in [0.25, 0.3) is 0 Å². The maximum Gasteiger partial charge on any atom is 0.146 e. The van der Waals surface area contributed by atoms with Gasteiger partial charge in [-0.25, -0.2) is 4.39 Å². The molecule has 1 heterocycles. The van der Waals surface area contributed by atoms with Crippen molar-refractivity contribution in [2.75, 3.05) is 51.7 Å². The lowest BCUT2D eigenvalue weighted by atomic mass is 10.1. The first kappa shape index (κ1) is 14.3. The van der Waals surface area contributed by atoms with Crippen molar-refractivity contribution >= 4 is 5.69 Å². The normalized spacial score (nSPS) is 16.1. The number of rotatable bonds is 5. The summed E-state index contributed by atoms with van der Waals surface area (Å²) in [4.78, 5) is 4.28. The van der Waals surface area contributed by atoms with Crippen molar-refractivity contribution in [2.45, 2.75) is 12.8 Å². The van der Waals surface area contributed by atoms with Crippen LogP contribution in [-0.2, 0) is 6.42 Å². The molecule has 1 fully saturated rings. The molecule has 1 aliphatic rings. The zero-order valence-electron chi connectivity index (χ0n) is 12.0. The molecule has 0 aromatic heterocycles. The number of benzene rings is 1. The Morgan fingerprint density at radius 1 is 1.26 bits per heavy atom. The van der Waals surface area contributed by atoms with E-state index in [0.717, 1.165) is 56.8 Å². The van der Waals surface area contributed by atoms with Crippen LogP contribution in [0.3, 0.4) is 0 Å². The number of nitrogens with zero attached hydrogens (tertiary/aromatic N) is 2. The second-order valence-corrected chi connectivity index (χ2v) is 5.43. The monoisotopic (exact) mass is 265 g/mol. The van der Waals surface area contributed by atoms with Crippen LogP contribution in [-0.4, -0.2) is 51.7 Å². The first-order valence-electron chi connectivity index (χ1n) is 7.05. The minimum atomic E-state index is -0.0794. The third kappa shape index (κ3) is 4.18. The molecule has 4 heteroatoms. The molecule has 106 valence electrons. The van der Waals surface area contributed by atoms with Crippen LogP contribution in [0.15, 0.2) is 18.2 Å². The number of hydrogen-bond acceptors (Lipinski definition) is 3. The summed E-state index contributed by atoms with van der Waals surface area (Å²) in [5.41, 5.74) is 1.84. The molecular weight excluding hydrogens is 241 g/mol. The van der Waals surface area contributed by atoms with Gasteiger partial charge >= 0.3 is 0 Å². The quantitative estimate of drug-likeness (QED) is 0.875. The van der Waals surface area contributed by atoms with Crippen LogP contribution in [0.4, 0.5) is 10.1 Å². The van der Waals surface area contributed by atoms with E-state index in [1.807, 2.05) is 6.07 Å². The standard InChI is InChI=1S/C15H24FN3/c1-18(2)9-3-4-13-5-6-15(14(16)12-13)19-10-7-17-8-11-19/h5-6,12,17H,3-4,7-11H2,1-2H3. The first-order valence-corrected chi connectivity index (χ1v) is 7.05. The second kappa shape index (κ2) is 6.87. The lowest BCUT2D eigenvalue weighted by Crippen LogP contribution is -2.43. The summed E-state index contributed by atoms with van der Waals surface area (Å²) in [5, 5.41) is 3.29. The molecule has 0 aliphatic carbocycles. The highest BCUT2D eigenvalue weighted by Gasteiger charge is 2.14. The molecule has 19 heavy (non-hydrogen) atoms. The third-order valence-electron chi connectivity index (χ3n) is 3.54. The maximum atomic E-state index is 14.1. The predicted octanol–water partition coefficient (Wildman–Crippen LogP) is 1.73. The van der Waals surface area contributed by atoms with Gasteiger partial charge in [0.15, 0.2) is 0 Å². The molecule has 1 N–H and O–H groups in total. The van der Waals surface area contributed by atoms with E-state index in [9.17, 15) is 4.39 Å². The highest BCUT2D eigenvalue weighted by Crippen LogP contribution is 2.21. The van der Waals surface area contributed by atoms with E-state index in [2.05, 4.69) is 35.3 Å². The number of aryl methyl sites for hydroxylation is 1. The molecule has 0 bridgehead atoms. The van der Waals surface area contributed by atoms with Crippen LogP contribution in [0.1, 0.15) is 12.0 Å². The zero-order chi connectivity index (χ0) is 13.7. The first-order chi connectivity index (χ1) is 9.16. The number of halogens is 1. The molecule has 1 aliphatic heterocycles. The number of nitrogens with one attached hydrogen (secondary N) is 1. The minimum absolute atomic E-state index is 0.0794. The Balaban J connectivity index is 1.96. The molecule has 3 nitrogen and oxygen atoms in total. The van der Waals surface area contributed by atoms with Crippen LogP contribution < -0.4 is 10.2 Å². The molecule has 0 spiro atoms. The minimum Gasteiger partial charge on any atom is -0.367 e. The SMILES string of the molecule is CN(C)CCCc1ccc(N2CCNCC2)c(F)c1. The molecule has 0 saturated carbocycles. The molecule has 0 radical (unpaired) electrons. The Labute approximate surface area is 115 Å². The van der Waals surface area contributed by atoms with E-state index >= 15 is 0 Å². The highest BCUT2D eigenvalue weighted by molar-refractivity contribution is 5.49. The fourth-order valence-corrected chi connectivity index (χ4v) is 2.47. The average Bonchev–Trinajstić information content (AvgIpc) is 2.39. The molecule has 2 rings (SSSR count). The molecule has 1 aromatic carbocycles. The number of piperazine rings is 1. The van der Waals surface area contributed by atoms with E-state index in [1.165, 1.54) is 0 Å². The number of hydrogen-bond donors (Lipinski definition) is 1. The Morgan fingerprint density at radius 2 is 2.00 bits per heavy atom. The van der Waals surface area contributed by atoms with Crippen LogP contribution in [0.2, 0.25) is 0 Å². The van der Waals surface area contributed by atoms with Gasteiger partial charge in [0.05, 0.1) is 5.69 Å². The van der Waals surface area contributed by atoms with Gasteiger partial charge in [0.1, 0.15) is 5.82 Å². The summed E-state index contributed by atoms with van der Waals surface area (Å²) in [5.74, 6) is -0.0794. The van der Waals surface area contributed by atoms with Crippen molar-refractivity contribution in [3.63, 3.8) is 0 Å². The van der Waals surface area contributed by atoms with Gasteiger partial charge in [0, 0.05) is 26.2 Å². The summed E-state index contributed by atoms with van der Waals surface area (Å²) in [6.07, 6.45) is 2.01. The lowest BCUT2D eigenvalue weighted by Gasteiger charge is -2.29. The van der Waals surface area contributed by atoms with Gasteiger partial charge in [-0.15, -0.1) is 0 Å². The van der Waals surface area contributed by atoms with Gasteiger partial charge in [0.2, 0.25) is 0 Å².